The Kier molecular flexibility index (Phi) is 5.89. The molecule has 7 heteroatoms. The van der Waals surface area contributed by atoms with Crippen LogP contribution < -0.4 is 11.6 Å². The van der Waals surface area contributed by atoms with E-state index in [9.17, 15) is 8.42 Å². The predicted molar refractivity (Wildman–Crippen MR) is 57.2 cm³/mol. The Bertz CT molecular complexity index is 261. The molecule has 0 radical (unpaired) electrons. The third-order valence-electron chi connectivity index (χ3n) is 1.29. The van der Waals surface area contributed by atoms with Gasteiger partial charge in [0.15, 0.2) is 15.0 Å². The van der Waals surface area contributed by atoms with Crippen LogP contribution >= 0.6 is 11.8 Å². The standard InChI is InChI=1S/C6H15N3O2S2/c1-2-4-13(10,11)5-3-12-6(7)9-8/h2-5,8H2,1H3,(H2,7,9). The van der Waals surface area contributed by atoms with Gasteiger partial charge in [0.05, 0.1) is 5.75 Å². The van der Waals surface area contributed by atoms with Gasteiger partial charge in [-0.05, 0) is 6.42 Å². The first kappa shape index (κ1) is 12.6. The van der Waals surface area contributed by atoms with Gasteiger partial charge in [0.2, 0.25) is 0 Å². The van der Waals surface area contributed by atoms with E-state index in [2.05, 4.69) is 5.10 Å². The molecule has 0 atom stereocenters. The van der Waals surface area contributed by atoms with Crippen LogP contribution in [0, 0.1) is 0 Å². The molecule has 0 rings (SSSR count). The van der Waals surface area contributed by atoms with E-state index in [1.807, 2.05) is 6.92 Å². The highest BCUT2D eigenvalue weighted by Crippen LogP contribution is 2.02. The van der Waals surface area contributed by atoms with Gasteiger partial charge in [0.1, 0.15) is 0 Å². The van der Waals surface area contributed by atoms with Gasteiger partial charge >= 0.3 is 0 Å². The van der Waals surface area contributed by atoms with Gasteiger partial charge in [-0.15, -0.1) is 0 Å². The van der Waals surface area contributed by atoms with Gasteiger partial charge in [-0.1, -0.05) is 18.7 Å². The average Bonchev–Trinajstić information content (AvgIpc) is 2.03. The highest BCUT2D eigenvalue weighted by Gasteiger charge is 2.08. The summed E-state index contributed by atoms with van der Waals surface area (Å²) in [4.78, 5) is 0. The lowest BCUT2D eigenvalue weighted by Gasteiger charge is -2.01. The molecule has 0 aromatic carbocycles. The molecule has 5 nitrogen and oxygen atoms in total. The van der Waals surface area contributed by atoms with Gasteiger partial charge in [0, 0.05) is 11.5 Å². The van der Waals surface area contributed by atoms with Crippen molar-refractivity contribution in [2.75, 3.05) is 17.3 Å². The van der Waals surface area contributed by atoms with E-state index in [1.165, 1.54) is 0 Å². The lowest BCUT2D eigenvalue weighted by molar-refractivity contribution is 0.596. The zero-order valence-electron chi connectivity index (χ0n) is 7.56. The van der Waals surface area contributed by atoms with Gasteiger partial charge in [-0.25, -0.2) is 8.42 Å². The Labute approximate surface area is 82.9 Å². The fourth-order valence-electron chi connectivity index (χ4n) is 0.724. The minimum Gasteiger partial charge on any atom is -0.377 e. The Morgan fingerprint density at radius 2 is 2.08 bits per heavy atom. The molecule has 0 aromatic heterocycles. The molecule has 0 aliphatic carbocycles. The average molecular weight is 225 g/mol. The van der Waals surface area contributed by atoms with E-state index < -0.39 is 9.84 Å². The van der Waals surface area contributed by atoms with Crippen molar-refractivity contribution in [1.82, 2.24) is 0 Å². The van der Waals surface area contributed by atoms with Gasteiger partial charge in [-0.3, -0.25) is 0 Å². The molecule has 0 fully saturated rings. The van der Waals surface area contributed by atoms with Crippen LogP contribution in [0.2, 0.25) is 0 Å². The number of hydrogen-bond donors (Lipinski definition) is 2. The maximum Gasteiger partial charge on any atom is 0.177 e. The molecule has 13 heavy (non-hydrogen) atoms. The zero-order chi connectivity index (χ0) is 10.3. The van der Waals surface area contributed by atoms with Crippen LogP contribution in [-0.4, -0.2) is 30.8 Å². The Balaban J connectivity index is 3.77. The van der Waals surface area contributed by atoms with Gasteiger partial charge in [0.25, 0.3) is 0 Å². The molecule has 0 aromatic rings. The fourth-order valence-corrected chi connectivity index (χ4v) is 3.18. The van der Waals surface area contributed by atoms with Crippen LogP contribution in [0.15, 0.2) is 5.10 Å². The number of hydrogen-bond acceptors (Lipinski definition) is 5. The second kappa shape index (κ2) is 6.09. The molecule has 0 bridgehead atoms. The van der Waals surface area contributed by atoms with Crippen LogP contribution in [0.4, 0.5) is 0 Å². The van der Waals surface area contributed by atoms with E-state index in [4.69, 9.17) is 11.6 Å². The number of nitrogens with two attached hydrogens (primary N) is 2. The predicted octanol–water partition coefficient (Wildman–Crippen LogP) is -0.267. The van der Waals surface area contributed by atoms with Crippen molar-refractivity contribution in [1.29, 1.82) is 0 Å². The third-order valence-corrected chi connectivity index (χ3v) is 4.21. The number of thioether (sulfide) groups is 1. The van der Waals surface area contributed by atoms with E-state index in [-0.39, 0.29) is 16.7 Å². The first-order valence-electron chi connectivity index (χ1n) is 3.88. The summed E-state index contributed by atoms with van der Waals surface area (Å²) in [6.07, 6.45) is 0.646. The van der Waals surface area contributed by atoms with Crippen molar-refractivity contribution in [2.45, 2.75) is 13.3 Å². The highest BCUT2D eigenvalue weighted by atomic mass is 32.2. The molecule has 0 heterocycles. The first-order valence-corrected chi connectivity index (χ1v) is 6.69. The minimum atomic E-state index is -2.91. The quantitative estimate of drug-likeness (QED) is 0.290. The fraction of sp³-hybridized carbons (Fsp3) is 0.833. The second-order valence-corrected chi connectivity index (χ2v) is 5.89. The number of hydrazone groups is 1. The van der Waals surface area contributed by atoms with Crippen molar-refractivity contribution in [3.8, 4) is 0 Å². The summed E-state index contributed by atoms with van der Waals surface area (Å²) >= 11 is 1.15. The molecule has 0 aliphatic heterocycles. The van der Waals surface area contributed by atoms with Gasteiger partial charge in [-0.2, -0.15) is 5.10 Å². The number of nitrogens with zero attached hydrogens (tertiary/aromatic N) is 1. The molecule has 0 amide bonds. The highest BCUT2D eigenvalue weighted by molar-refractivity contribution is 8.14. The van der Waals surface area contributed by atoms with Crippen LogP contribution in [-0.2, 0) is 9.84 Å². The van der Waals surface area contributed by atoms with Crippen molar-refractivity contribution in [3.05, 3.63) is 0 Å². The maximum absolute atomic E-state index is 11.2. The number of sulfone groups is 1. The van der Waals surface area contributed by atoms with Crippen LogP contribution in [0.25, 0.3) is 0 Å². The Morgan fingerprint density at radius 1 is 1.46 bits per heavy atom. The molecule has 4 N–H and O–H groups in total. The molecule has 0 saturated heterocycles. The Morgan fingerprint density at radius 3 is 2.54 bits per heavy atom. The molecule has 0 saturated carbocycles. The molecular formula is C6H15N3O2S2. The van der Waals surface area contributed by atoms with Crippen LogP contribution in [0.5, 0.6) is 0 Å². The van der Waals surface area contributed by atoms with Gasteiger partial charge < -0.3 is 11.6 Å². The van der Waals surface area contributed by atoms with Crippen molar-refractivity contribution < 1.29 is 8.42 Å². The second-order valence-electron chi connectivity index (χ2n) is 2.47. The minimum absolute atomic E-state index is 0.127. The normalized spacial score (nSPS) is 13.2. The molecule has 78 valence electrons. The van der Waals surface area contributed by atoms with E-state index >= 15 is 0 Å². The smallest absolute Gasteiger partial charge is 0.177 e. The molecule has 0 spiro atoms. The monoisotopic (exact) mass is 225 g/mol. The van der Waals surface area contributed by atoms with Crippen molar-refractivity contribution in [2.24, 2.45) is 16.7 Å². The van der Waals surface area contributed by atoms with E-state index in [0.29, 0.717) is 12.2 Å². The molecule has 0 aliphatic rings. The summed E-state index contributed by atoms with van der Waals surface area (Å²) in [5, 5.41) is 3.43. The Hall–Kier alpha value is -0.430. The maximum atomic E-state index is 11.2. The topological polar surface area (TPSA) is 98.5 Å². The van der Waals surface area contributed by atoms with Crippen LogP contribution in [0.3, 0.4) is 0 Å². The summed E-state index contributed by atoms with van der Waals surface area (Å²) in [5.41, 5.74) is 5.27. The SMILES string of the molecule is CCCS(=O)(=O)CCSC(N)=NN. The third kappa shape index (κ3) is 6.71. The van der Waals surface area contributed by atoms with Crippen LogP contribution in [0.1, 0.15) is 13.3 Å². The number of amidine groups is 1. The summed E-state index contributed by atoms with van der Waals surface area (Å²) in [6.45, 7) is 1.83. The summed E-state index contributed by atoms with van der Waals surface area (Å²) in [7, 11) is -2.91. The van der Waals surface area contributed by atoms with Crippen molar-refractivity contribution in [3.63, 3.8) is 0 Å². The summed E-state index contributed by atoms with van der Waals surface area (Å²) < 4.78 is 22.4. The molecular weight excluding hydrogens is 210 g/mol. The first-order chi connectivity index (χ1) is 6.02. The number of rotatable bonds is 5. The van der Waals surface area contributed by atoms with E-state index in [0.717, 1.165) is 11.8 Å². The molecule has 0 unspecified atom stereocenters. The van der Waals surface area contributed by atoms with E-state index in [1.54, 1.807) is 0 Å². The lowest BCUT2D eigenvalue weighted by Crippen LogP contribution is -2.16. The zero-order valence-corrected chi connectivity index (χ0v) is 9.20. The largest absolute Gasteiger partial charge is 0.377 e. The summed E-state index contributed by atoms with van der Waals surface area (Å²) in [5.74, 6) is 5.64. The lowest BCUT2D eigenvalue weighted by atomic mass is 10.6. The van der Waals surface area contributed by atoms with Crippen molar-refractivity contribution >= 4 is 26.8 Å². The summed E-state index contributed by atoms with van der Waals surface area (Å²) in [6, 6.07) is 0.